The van der Waals surface area contributed by atoms with Crippen LogP contribution in [0.2, 0.25) is 0 Å². The number of amides is 1. The Labute approximate surface area is 182 Å². The third-order valence-electron chi connectivity index (χ3n) is 7.75. The molecule has 1 amide bonds. The van der Waals surface area contributed by atoms with E-state index < -0.39 is 0 Å². The van der Waals surface area contributed by atoms with Crippen molar-refractivity contribution in [3.05, 3.63) is 30.1 Å². The Balaban J connectivity index is 1.26. The summed E-state index contributed by atoms with van der Waals surface area (Å²) in [4.78, 5) is 24.8. The van der Waals surface area contributed by atoms with Gasteiger partial charge in [-0.15, -0.1) is 0 Å². The fourth-order valence-corrected chi connectivity index (χ4v) is 5.84. The van der Waals surface area contributed by atoms with Gasteiger partial charge in [-0.1, -0.05) is 25.7 Å². The van der Waals surface area contributed by atoms with Gasteiger partial charge in [0.25, 0.3) is 0 Å². The zero-order valence-corrected chi connectivity index (χ0v) is 18.8. The van der Waals surface area contributed by atoms with Crippen molar-refractivity contribution in [3.8, 4) is 0 Å². The van der Waals surface area contributed by atoms with Gasteiger partial charge in [-0.05, 0) is 75.9 Å². The molecule has 0 spiro atoms. The molecule has 3 fully saturated rings. The lowest BCUT2D eigenvalue weighted by Crippen LogP contribution is -2.51. The molecule has 2 aliphatic heterocycles. The summed E-state index contributed by atoms with van der Waals surface area (Å²) in [6.45, 7) is 5.49. The van der Waals surface area contributed by atoms with Crippen molar-refractivity contribution >= 4 is 5.91 Å². The Morgan fingerprint density at radius 2 is 1.67 bits per heavy atom. The maximum absolute atomic E-state index is 13.3. The van der Waals surface area contributed by atoms with Gasteiger partial charge in [-0.25, -0.2) is 0 Å². The molecule has 0 radical (unpaired) electrons. The molecule has 1 aromatic rings. The van der Waals surface area contributed by atoms with Gasteiger partial charge in [0, 0.05) is 44.6 Å². The third kappa shape index (κ3) is 5.61. The van der Waals surface area contributed by atoms with Gasteiger partial charge in [0.05, 0.1) is 5.92 Å². The first kappa shape index (κ1) is 21.8. The second kappa shape index (κ2) is 10.7. The average Bonchev–Trinajstić information content (AvgIpc) is 3.09. The zero-order valence-electron chi connectivity index (χ0n) is 18.8. The lowest BCUT2D eigenvalue weighted by molar-refractivity contribution is -0.139. The molecule has 0 bridgehead atoms. The largest absolute Gasteiger partial charge is 0.342 e. The molecule has 1 saturated carbocycles. The molecule has 1 aliphatic carbocycles. The molecule has 1 aromatic heterocycles. The summed E-state index contributed by atoms with van der Waals surface area (Å²) in [5.41, 5.74) is 1.36. The number of carbonyl (C=O) groups is 1. The van der Waals surface area contributed by atoms with Crippen LogP contribution in [0, 0.1) is 5.92 Å². The van der Waals surface area contributed by atoms with Crippen LogP contribution in [0.1, 0.15) is 69.8 Å². The summed E-state index contributed by atoms with van der Waals surface area (Å²) in [5.74, 6) is 0.628. The van der Waals surface area contributed by atoms with Crippen LogP contribution in [0.4, 0.5) is 0 Å². The fourth-order valence-electron chi connectivity index (χ4n) is 5.84. The molecule has 3 aliphatic rings. The van der Waals surface area contributed by atoms with Crippen molar-refractivity contribution in [2.45, 2.75) is 82.8 Å². The molecule has 4 rings (SSSR count). The summed E-state index contributed by atoms with van der Waals surface area (Å²) >= 11 is 0. The molecule has 5 nitrogen and oxygen atoms in total. The number of carbonyl (C=O) groups excluding carboxylic acids is 1. The van der Waals surface area contributed by atoms with Crippen molar-refractivity contribution in [1.29, 1.82) is 0 Å². The molecule has 2 saturated heterocycles. The molecule has 166 valence electrons. The standard InChI is InChI=1S/C25H40N4O/c1-27(23-8-4-2-3-5-9-23)25(30)22-7-6-16-29(20-22)24-12-17-28(18-13-24)19-21-10-14-26-15-11-21/h10-11,14-15,22-24H,2-9,12-13,16-20H2,1H3/t22-/m1/s1. The monoisotopic (exact) mass is 412 g/mol. The minimum atomic E-state index is 0.210. The number of nitrogens with zero attached hydrogens (tertiary/aromatic N) is 4. The van der Waals surface area contributed by atoms with Crippen molar-refractivity contribution < 1.29 is 4.79 Å². The van der Waals surface area contributed by atoms with Crippen LogP contribution in [0.3, 0.4) is 0 Å². The summed E-state index contributed by atoms with van der Waals surface area (Å²) in [6, 6.07) is 5.37. The molecule has 5 heteroatoms. The first-order valence-corrected chi connectivity index (χ1v) is 12.3. The van der Waals surface area contributed by atoms with E-state index in [1.807, 2.05) is 12.4 Å². The molecule has 0 N–H and O–H groups in total. The lowest BCUT2D eigenvalue weighted by atomic mass is 9.92. The Kier molecular flexibility index (Phi) is 7.78. The second-order valence-corrected chi connectivity index (χ2v) is 9.79. The molecule has 0 aromatic carbocycles. The van der Waals surface area contributed by atoms with Gasteiger partial charge in [-0.2, -0.15) is 0 Å². The maximum atomic E-state index is 13.3. The topological polar surface area (TPSA) is 39.7 Å². The van der Waals surface area contributed by atoms with E-state index in [1.54, 1.807) is 0 Å². The summed E-state index contributed by atoms with van der Waals surface area (Å²) < 4.78 is 0. The molecule has 1 atom stereocenters. The predicted molar refractivity (Wildman–Crippen MR) is 121 cm³/mol. The first-order chi connectivity index (χ1) is 14.7. The number of piperidine rings is 2. The van der Waals surface area contributed by atoms with Crippen LogP contribution in [0.15, 0.2) is 24.5 Å². The zero-order chi connectivity index (χ0) is 20.8. The number of hydrogen-bond acceptors (Lipinski definition) is 4. The molecule has 3 heterocycles. The third-order valence-corrected chi connectivity index (χ3v) is 7.75. The summed E-state index contributed by atoms with van der Waals surface area (Å²) in [7, 11) is 2.08. The highest BCUT2D eigenvalue weighted by Gasteiger charge is 2.34. The van der Waals surface area contributed by atoms with Gasteiger partial charge in [-0.3, -0.25) is 19.6 Å². The summed E-state index contributed by atoms with van der Waals surface area (Å²) in [5, 5.41) is 0. The van der Waals surface area contributed by atoms with E-state index in [4.69, 9.17) is 0 Å². The lowest BCUT2D eigenvalue weighted by Gasteiger charge is -2.43. The van der Waals surface area contributed by atoms with E-state index >= 15 is 0 Å². The fraction of sp³-hybridized carbons (Fsp3) is 0.760. The summed E-state index contributed by atoms with van der Waals surface area (Å²) in [6.07, 6.45) is 16.1. The van der Waals surface area contributed by atoms with E-state index in [9.17, 15) is 4.79 Å². The second-order valence-electron chi connectivity index (χ2n) is 9.79. The highest BCUT2D eigenvalue weighted by atomic mass is 16.2. The predicted octanol–water partition coefficient (Wildman–Crippen LogP) is 3.94. The van der Waals surface area contributed by atoms with E-state index in [0.717, 1.165) is 32.6 Å². The van der Waals surface area contributed by atoms with Crippen molar-refractivity contribution in [1.82, 2.24) is 19.7 Å². The van der Waals surface area contributed by atoms with E-state index in [0.29, 0.717) is 18.0 Å². The van der Waals surface area contributed by atoms with Crippen LogP contribution in [-0.2, 0) is 11.3 Å². The Morgan fingerprint density at radius 1 is 0.967 bits per heavy atom. The van der Waals surface area contributed by atoms with Crippen LogP contribution >= 0.6 is 0 Å². The normalized spacial score (nSPS) is 25.7. The van der Waals surface area contributed by atoms with Gasteiger partial charge >= 0.3 is 0 Å². The Hall–Kier alpha value is -1.46. The molecule has 0 unspecified atom stereocenters. The van der Waals surface area contributed by atoms with Crippen LogP contribution in [0.25, 0.3) is 0 Å². The van der Waals surface area contributed by atoms with Gasteiger partial charge in [0.2, 0.25) is 5.91 Å². The van der Waals surface area contributed by atoms with Crippen LogP contribution in [0.5, 0.6) is 0 Å². The van der Waals surface area contributed by atoms with E-state index in [1.165, 1.54) is 69.9 Å². The first-order valence-electron chi connectivity index (χ1n) is 12.3. The number of pyridine rings is 1. The van der Waals surface area contributed by atoms with Gasteiger partial charge < -0.3 is 4.90 Å². The minimum Gasteiger partial charge on any atom is -0.342 e. The van der Waals surface area contributed by atoms with Crippen molar-refractivity contribution in [3.63, 3.8) is 0 Å². The quantitative estimate of drug-likeness (QED) is 0.687. The van der Waals surface area contributed by atoms with Crippen LogP contribution < -0.4 is 0 Å². The number of aromatic nitrogens is 1. The van der Waals surface area contributed by atoms with Gasteiger partial charge in [0.1, 0.15) is 0 Å². The van der Waals surface area contributed by atoms with Gasteiger partial charge in [0.15, 0.2) is 0 Å². The van der Waals surface area contributed by atoms with Crippen molar-refractivity contribution in [2.24, 2.45) is 5.92 Å². The van der Waals surface area contributed by atoms with Crippen molar-refractivity contribution in [2.75, 3.05) is 33.2 Å². The number of hydrogen-bond donors (Lipinski definition) is 0. The van der Waals surface area contributed by atoms with Crippen LogP contribution in [-0.4, -0.2) is 70.9 Å². The number of rotatable bonds is 5. The minimum absolute atomic E-state index is 0.210. The molecular weight excluding hydrogens is 372 g/mol. The Bertz CT molecular complexity index is 650. The SMILES string of the molecule is CN(C(=O)[C@@H]1CCCN(C2CCN(Cc3ccncc3)CC2)C1)C1CCCCCC1. The Morgan fingerprint density at radius 3 is 2.37 bits per heavy atom. The smallest absolute Gasteiger partial charge is 0.226 e. The highest BCUT2D eigenvalue weighted by molar-refractivity contribution is 5.79. The van der Waals surface area contributed by atoms with E-state index in [2.05, 4.69) is 38.9 Å². The number of likely N-dealkylation sites (tertiary alicyclic amines) is 2. The molecule has 30 heavy (non-hydrogen) atoms. The maximum Gasteiger partial charge on any atom is 0.226 e. The average molecular weight is 413 g/mol. The van der Waals surface area contributed by atoms with E-state index in [-0.39, 0.29) is 5.92 Å². The molecular formula is C25H40N4O. The highest BCUT2D eigenvalue weighted by Crippen LogP contribution is 2.28.